The first kappa shape index (κ1) is 19.2. The maximum absolute atomic E-state index is 13.0. The van der Waals surface area contributed by atoms with Crippen LogP contribution >= 0.6 is 22.7 Å². The second-order valence-corrected chi connectivity index (χ2v) is 8.53. The summed E-state index contributed by atoms with van der Waals surface area (Å²) in [4.78, 5) is 43.9. The lowest BCUT2D eigenvalue weighted by atomic mass is 10.2. The number of aromatic nitrogens is 2. The highest BCUT2D eigenvalue weighted by Crippen LogP contribution is 2.28. The van der Waals surface area contributed by atoms with Gasteiger partial charge in [-0.25, -0.2) is 4.98 Å². The molecule has 0 atom stereocenters. The Labute approximate surface area is 174 Å². The van der Waals surface area contributed by atoms with E-state index in [1.54, 1.807) is 19.1 Å². The van der Waals surface area contributed by atoms with E-state index in [0.717, 1.165) is 11.3 Å². The lowest BCUT2D eigenvalue weighted by Gasteiger charge is -2.07. The highest BCUT2D eigenvalue weighted by molar-refractivity contribution is 7.20. The number of hydrogen-bond donors (Lipinski definition) is 1. The third kappa shape index (κ3) is 3.64. The van der Waals surface area contributed by atoms with Crippen molar-refractivity contribution < 1.29 is 9.59 Å². The molecule has 0 fully saturated rings. The average Bonchev–Trinajstić information content (AvgIpc) is 3.34. The van der Waals surface area contributed by atoms with Crippen molar-refractivity contribution in [1.82, 2.24) is 9.55 Å². The van der Waals surface area contributed by atoms with Gasteiger partial charge in [0, 0.05) is 5.69 Å². The van der Waals surface area contributed by atoms with Crippen LogP contribution in [0.2, 0.25) is 0 Å². The molecular formula is C21H17N3O3S2. The quantitative estimate of drug-likeness (QED) is 0.486. The van der Waals surface area contributed by atoms with Crippen LogP contribution in [-0.4, -0.2) is 21.2 Å². The summed E-state index contributed by atoms with van der Waals surface area (Å²) in [6.07, 6.45) is 1.37. The molecule has 29 heavy (non-hydrogen) atoms. The van der Waals surface area contributed by atoms with Gasteiger partial charge in [0.25, 0.3) is 11.5 Å². The molecule has 1 amide bonds. The number of carbonyl (C=O) groups is 2. The molecule has 4 aromatic rings. The summed E-state index contributed by atoms with van der Waals surface area (Å²) in [5, 5.41) is 5.10. The summed E-state index contributed by atoms with van der Waals surface area (Å²) in [7, 11) is 0. The predicted molar refractivity (Wildman–Crippen MR) is 116 cm³/mol. The van der Waals surface area contributed by atoms with E-state index in [2.05, 4.69) is 10.3 Å². The fourth-order valence-corrected chi connectivity index (χ4v) is 4.74. The highest BCUT2D eigenvalue weighted by Gasteiger charge is 2.20. The van der Waals surface area contributed by atoms with Crippen LogP contribution in [0, 0.1) is 13.8 Å². The summed E-state index contributed by atoms with van der Waals surface area (Å²) >= 11 is 2.51. The van der Waals surface area contributed by atoms with E-state index >= 15 is 0 Å². The molecule has 8 heteroatoms. The monoisotopic (exact) mass is 423 g/mol. The average molecular weight is 424 g/mol. The summed E-state index contributed by atoms with van der Waals surface area (Å²) in [5.74, 6) is -0.422. The molecule has 0 aliphatic carbocycles. The van der Waals surface area contributed by atoms with Crippen LogP contribution < -0.4 is 10.9 Å². The minimum absolute atomic E-state index is 0.0810. The fourth-order valence-electron chi connectivity index (χ4n) is 3.05. The van der Waals surface area contributed by atoms with Gasteiger partial charge in [-0.1, -0.05) is 24.3 Å². The van der Waals surface area contributed by atoms with Gasteiger partial charge in [0.1, 0.15) is 4.83 Å². The van der Waals surface area contributed by atoms with Gasteiger partial charge in [0.15, 0.2) is 5.78 Å². The number of Topliss-reactive ketones (excluding diaryl/α,β-unsaturated/α-hetero) is 1. The van der Waals surface area contributed by atoms with Crippen molar-refractivity contribution in [1.29, 1.82) is 0 Å². The molecule has 0 unspecified atom stereocenters. The van der Waals surface area contributed by atoms with Gasteiger partial charge in [-0.15, -0.1) is 22.7 Å². The van der Waals surface area contributed by atoms with Gasteiger partial charge in [-0.2, -0.15) is 0 Å². The molecule has 0 saturated heterocycles. The van der Waals surface area contributed by atoms with E-state index in [0.29, 0.717) is 25.5 Å². The second kappa shape index (κ2) is 7.73. The Hall–Kier alpha value is -3.10. The first-order valence-electron chi connectivity index (χ1n) is 8.88. The highest BCUT2D eigenvalue weighted by atomic mass is 32.1. The Kier molecular flexibility index (Phi) is 5.12. The molecule has 1 N–H and O–H groups in total. The summed E-state index contributed by atoms with van der Waals surface area (Å²) in [6, 6.07) is 11.0. The lowest BCUT2D eigenvalue weighted by molar-refractivity contribution is 0.0973. The molecule has 146 valence electrons. The smallest absolute Gasteiger partial charge is 0.266 e. The third-order valence-electron chi connectivity index (χ3n) is 4.63. The molecule has 3 heterocycles. The number of carbonyl (C=O) groups excluding carboxylic acids is 2. The Bertz CT molecular complexity index is 1290. The van der Waals surface area contributed by atoms with Gasteiger partial charge in [-0.3, -0.25) is 19.0 Å². The van der Waals surface area contributed by atoms with Crippen molar-refractivity contribution in [2.45, 2.75) is 20.4 Å². The van der Waals surface area contributed by atoms with Crippen LogP contribution in [0.25, 0.3) is 10.2 Å². The van der Waals surface area contributed by atoms with E-state index < -0.39 is 0 Å². The number of nitrogens with one attached hydrogen (secondary N) is 1. The maximum atomic E-state index is 13.0. The van der Waals surface area contributed by atoms with Crippen LogP contribution in [0.3, 0.4) is 0 Å². The van der Waals surface area contributed by atoms with Crippen LogP contribution in [0.5, 0.6) is 0 Å². The lowest BCUT2D eigenvalue weighted by Crippen LogP contribution is -2.24. The number of ketones is 1. The van der Waals surface area contributed by atoms with E-state index in [1.165, 1.54) is 33.6 Å². The first-order chi connectivity index (χ1) is 14.0. The van der Waals surface area contributed by atoms with Crippen LogP contribution in [0.15, 0.2) is 52.9 Å². The molecule has 0 saturated carbocycles. The molecule has 1 aromatic carbocycles. The van der Waals surface area contributed by atoms with Gasteiger partial charge >= 0.3 is 0 Å². The Morgan fingerprint density at radius 2 is 1.93 bits per heavy atom. The number of hydrogen-bond acceptors (Lipinski definition) is 6. The largest absolute Gasteiger partial charge is 0.321 e. The summed E-state index contributed by atoms with van der Waals surface area (Å²) in [6.45, 7) is 3.57. The molecule has 4 rings (SSSR count). The number of amides is 1. The number of para-hydroxylation sites is 1. The molecule has 0 spiro atoms. The van der Waals surface area contributed by atoms with Gasteiger partial charge in [0.2, 0.25) is 0 Å². The van der Waals surface area contributed by atoms with E-state index in [1.807, 2.05) is 36.6 Å². The minimum Gasteiger partial charge on any atom is -0.321 e. The molecule has 0 aliphatic rings. The number of nitrogens with zero attached hydrogens (tertiary/aromatic N) is 2. The Morgan fingerprint density at radius 1 is 1.14 bits per heavy atom. The van der Waals surface area contributed by atoms with Crippen LogP contribution in [-0.2, 0) is 6.54 Å². The van der Waals surface area contributed by atoms with Gasteiger partial charge in [-0.05, 0) is 42.5 Å². The predicted octanol–water partition coefficient (Wildman–Crippen LogP) is 4.27. The van der Waals surface area contributed by atoms with Gasteiger partial charge < -0.3 is 5.32 Å². The summed E-state index contributed by atoms with van der Waals surface area (Å²) in [5.41, 5.74) is 1.93. The second-order valence-electron chi connectivity index (χ2n) is 6.58. The van der Waals surface area contributed by atoms with Crippen molar-refractivity contribution in [2.75, 3.05) is 5.32 Å². The topological polar surface area (TPSA) is 81.1 Å². The number of anilines is 1. The molecule has 0 aliphatic heterocycles. The molecule has 0 bridgehead atoms. The zero-order valence-electron chi connectivity index (χ0n) is 15.8. The zero-order chi connectivity index (χ0) is 20.5. The van der Waals surface area contributed by atoms with Crippen molar-refractivity contribution in [2.24, 2.45) is 0 Å². The Balaban J connectivity index is 1.68. The minimum atomic E-state index is -0.316. The standard InChI is InChI=1S/C21H17N3O3S2/c1-12-6-3-4-7-14(12)23-19(26)18-13(2)17-20(29-18)22-11-24(21(17)27)10-15(25)16-8-5-9-28-16/h3-9,11H,10H2,1-2H3,(H,23,26). The number of thiophene rings is 2. The van der Waals surface area contributed by atoms with Gasteiger partial charge in [0.05, 0.1) is 28.0 Å². The molecule has 6 nitrogen and oxygen atoms in total. The molecule has 0 radical (unpaired) electrons. The number of benzene rings is 1. The van der Waals surface area contributed by atoms with Crippen LogP contribution in [0.4, 0.5) is 5.69 Å². The van der Waals surface area contributed by atoms with Crippen molar-refractivity contribution in [3.8, 4) is 0 Å². The van der Waals surface area contributed by atoms with E-state index in [9.17, 15) is 14.4 Å². The van der Waals surface area contributed by atoms with Crippen molar-refractivity contribution >= 4 is 50.3 Å². The third-order valence-corrected chi connectivity index (χ3v) is 6.74. The number of rotatable bonds is 5. The molecular weight excluding hydrogens is 406 g/mol. The SMILES string of the molecule is Cc1ccccc1NC(=O)c1sc2ncn(CC(=O)c3cccs3)c(=O)c2c1C. The maximum Gasteiger partial charge on any atom is 0.266 e. The number of fused-ring (bicyclic) bond motifs is 1. The van der Waals surface area contributed by atoms with E-state index in [-0.39, 0.29) is 23.8 Å². The van der Waals surface area contributed by atoms with E-state index in [4.69, 9.17) is 0 Å². The number of aryl methyl sites for hydroxylation is 2. The van der Waals surface area contributed by atoms with Crippen LogP contribution in [0.1, 0.15) is 30.5 Å². The zero-order valence-corrected chi connectivity index (χ0v) is 17.4. The first-order valence-corrected chi connectivity index (χ1v) is 10.6. The Morgan fingerprint density at radius 3 is 2.66 bits per heavy atom. The van der Waals surface area contributed by atoms with Crippen molar-refractivity contribution in [3.63, 3.8) is 0 Å². The normalized spacial score (nSPS) is 11.0. The van der Waals surface area contributed by atoms with Crippen molar-refractivity contribution in [3.05, 3.63) is 79.3 Å². The fraction of sp³-hybridized carbons (Fsp3) is 0.143. The molecule has 3 aromatic heterocycles. The summed E-state index contributed by atoms with van der Waals surface area (Å²) < 4.78 is 1.30.